The Hall–Kier alpha value is -2.11. The fraction of sp³-hybridized carbons (Fsp3) is 0.462. The Morgan fingerprint density at radius 1 is 1.47 bits per heavy atom. The Kier molecular flexibility index (Phi) is 4.86. The van der Waals surface area contributed by atoms with Crippen molar-refractivity contribution in [2.75, 3.05) is 12.4 Å². The molecule has 0 amide bonds. The van der Waals surface area contributed by atoms with Gasteiger partial charge in [0.2, 0.25) is 0 Å². The monoisotopic (exact) mass is 266 g/mol. The summed E-state index contributed by atoms with van der Waals surface area (Å²) >= 11 is 0. The van der Waals surface area contributed by atoms with Gasteiger partial charge in [0, 0.05) is 18.2 Å². The minimum absolute atomic E-state index is 0.0421. The van der Waals surface area contributed by atoms with Gasteiger partial charge in [-0.25, -0.2) is 9.78 Å². The number of aliphatic carboxylic acids is 1. The topological polar surface area (TPSA) is 88.5 Å². The second-order valence-corrected chi connectivity index (χ2v) is 4.79. The Balaban J connectivity index is 2.86. The Morgan fingerprint density at radius 2 is 2.16 bits per heavy atom. The number of rotatable bonds is 6. The van der Waals surface area contributed by atoms with Crippen LogP contribution in [0.25, 0.3) is 0 Å². The molecule has 2 N–H and O–H groups in total. The van der Waals surface area contributed by atoms with Gasteiger partial charge in [-0.3, -0.25) is 4.79 Å². The smallest absolute Gasteiger partial charge is 0.341 e. The van der Waals surface area contributed by atoms with E-state index in [1.54, 1.807) is 18.3 Å². The van der Waals surface area contributed by atoms with Crippen LogP contribution in [0.5, 0.6) is 0 Å². The maximum Gasteiger partial charge on any atom is 0.341 e. The van der Waals surface area contributed by atoms with E-state index < -0.39 is 17.5 Å². The number of hydrogen-bond donors (Lipinski definition) is 2. The summed E-state index contributed by atoms with van der Waals surface area (Å²) in [6, 6.07) is 3.25. The number of carbonyl (C=O) groups is 2. The van der Waals surface area contributed by atoms with Crippen LogP contribution in [0.4, 0.5) is 5.82 Å². The number of anilines is 1. The van der Waals surface area contributed by atoms with Gasteiger partial charge in [-0.05, 0) is 32.4 Å². The van der Waals surface area contributed by atoms with E-state index in [4.69, 9.17) is 5.11 Å². The molecule has 1 rings (SSSR count). The molecule has 0 saturated carbocycles. The summed E-state index contributed by atoms with van der Waals surface area (Å²) < 4.78 is 4.68. The lowest BCUT2D eigenvalue weighted by atomic mass is 9.98. The minimum atomic E-state index is -0.857. The molecule has 0 spiro atoms. The zero-order valence-electron chi connectivity index (χ0n) is 11.3. The average Bonchev–Trinajstić information content (AvgIpc) is 2.36. The zero-order chi connectivity index (χ0) is 14.5. The van der Waals surface area contributed by atoms with Crippen LogP contribution >= 0.6 is 0 Å². The van der Waals surface area contributed by atoms with E-state index in [9.17, 15) is 9.59 Å². The van der Waals surface area contributed by atoms with Crippen molar-refractivity contribution < 1.29 is 19.4 Å². The second kappa shape index (κ2) is 6.17. The second-order valence-electron chi connectivity index (χ2n) is 4.79. The summed E-state index contributed by atoms with van der Waals surface area (Å²) in [4.78, 5) is 26.3. The van der Waals surface area contributed by atoms with E-state index in [-0.39, 0.29) is 6.42 Å². The van der Waals surface area contributed by atoms with E-state index in [0.717, 1.165) is 0 Å². The molecular formula is C13H18N2O4. The third-order valence-corrected chi connectivity index (χ3v) is 2.63. The number of ether oxygens (including phenoxy) is 1. The number of carbonyl (C=O) groups excluding carboxylic acids is 1. The van der Waals surface area contributed by atoms with Gasteiger partial charge in [0.1, 0.15) is 11.4 Å². The van der Waals surface area contributed by atoms with Crippen LogP contribution in [0.15, 0.2) is 18.3 Å². The third-order valence-electron chi connectivity index (χ3n) is 2.63. The molecule has 104 valence electrons. The number of methoxy groups -OCH3 is 1. The molecule has 1 aromatic heterocycles. The first-order valence-corrected chi connectivity index (χ1v) is 5.89. The van der Waals surface area contributed by atoms with Crippen molar-refractivity contribution in [2.24, 2.45) is 0 Å². The number of carboxylic acids is 1. The highest BCUT2D eigenvalue weighted by atomic mass is 16.5. The summed E-state index contributed by atoms with van der Waals surface area (Å²) in [5.74, 6) is -0.946. The van der Waals surface area contributed by atoms with E-state index in [1.165, 1.54) is 7.11 Å². The van der Waals surface area contributed by atoms with Crippen LogP contribution in [-0.2, 0) is 9.53 Å². The lowest BCUT2D eigenvalue weighted by Gasteiger charge is -2.27. The average molecular weight is 266 g/mol. The normalized spacial score (nSPS) is 10.9. The molecule has 19 heavy (non-hydrogen) atoms. The number of esters is 1. The van der Waals surface area contributed by atoms with Gasteiger partial charge in [-0.15, -0.1) is 0 Å². The summed E-state index contributed by atoms with van der Waals surface area (Å²) in [6.45, 7) is 3.71. The molecule has 1 aromatic rings. The Morgan fingerprint density at radius 3 is 2.74 bits per heavy atom. The van der Waals surface area contributed by atoms with E-state index in [2.05, 4.69) is 15.0 Å². The minimum Gasteiger partial charge on any atom is -0.481 e. The van der Waals surface area contributed by atoms with Crippen molar-refractivity contribution in [3.05, 3.63) is 23.9 Å². The largest absolute Gasteiger partial charge is 0.481 e. The molecule has 0 aliphatic carbocycles. The predicted octanol–water partition coefficient (Wildman–Crippen LogP) is 1.92. The van der Waals surface area contributed by atoms with Gasteiger partial charge in [0.15, 0.2) is 0 Å². The zero-order valence-corrected chi connectivity index (χ0v) is 11.3. The number of nitrogens with zero attached hydrogens (tertiary/aromatic N) is 1. The summed E-state index contributed by atoms with van der Waals surface area (Å²) in [7, 11) is 1.30. The number of aromatic nitrogens is 1. The van der Waals surface area contributed by atoms with Gasteiger partial charge in [-0.2, -0.15) is 0 Å². The quantitative estimate of drug-likeness (QED) is 0.765. The van der Waals surface area contributed by atoms with Crippen molar-refractivity contribution in [1.29, 1.82) is 0 Å². The molecule has 0 aliphatic heterocycles. The molecule has 6 nitrogen and oxygen atoms in total. The van der Waals surface area contributed by atoms with E-state index in [0.29, 0.717) is 17.8 Å². The first kappa shape index (κ1) is 14.9. The van der Waals surface area contributed by atoms with E-state index in [1.807, 2.05) is 13.8 Å². The standard InChI is InChI=1S/C13H18N2O4/c1-13(2,7-6-10(16)17)15-11-9(12(18)19-3)5-4-8-14-11/h4-5,8H,6-7H2,1-3H3,(H,14,15)(H,16,17). The maximum absolute atomic E-state index is 11.6. The summed E-state index contributed by atoms with van der Waals surface area (Å²) in [5.41, 5.74) is -0.163. The number of hydrogen-bond acceptors (Lipinski definition) is 5. The highest BCUT2D eigenvalue weighted by molar-refractivity contribution is 5.94. The van der Waals surface area contributed by atoms with Gasteiger partial charge in [-0.1, -0.05) is 0 Å². The van der Waals surface area contributed by atoms with Crippen LogP contribution in [0, 0.1) is 0 Å². The highest BCUT2D eigenvalue weighted by Crippen LogP contribution is 2.21. The summed E-state index contributed by atoms with van der Waals surface area (Å²) in [5, 5.41) is 11.8. The van der Waals surface area contributed by atoms with Gasteiger partial charge < -0.3 is 15.2 Å². The van der Waals surface area contributed by atoms with Crippen LogP contribution in [-0.4, -0.2) is 34.7 Å². The van der Waals surface area contributed by atoms with Gasteiger partial charge >= 0.3 is 11.9 Å². The number of carboxylic acid groups (broad SMARTS) is 1. The van der Waals surface area contributed by atoms with Crippen LogP contribution < -0.4 is 5.32 Å². The lowest BCUT2D eigenvalue weighted by Crippen LogP contribution is -2.33. The molecule has 0 saturated heterocycles. The fourth-order valence-corrected chi connectivity index (χ4v) is 1.58. The molecule has 0 bridgehead atoms. The van der Waals surface area contributed by atoms with Crippen molar-refractivity contribution in [2.45, 2.75) is 32.2 Å². The highest BCUT2D eigenvalue weighted by Gasteiger charge is 2.22. The van der Waals surface area contributed by atoms with E-state index >= 15 is 0 Å². The molecule has 0 unspecified atom stereocenters. The number of nitrogens with one attached hydrogen (secondary N) is 1. The molecule has 0 aliphatic rings. The van der Waals surface area contributed by atoms with Gasteiger partial charge in [0.25, 0.3) is 0 Å². The summed E-state index contributed by atoms with van der Waals surface area (Å²) in [6.07, 6.45) is 2.02. The molecule has 0 fully saturated rings. The number of pyridine rings is 1. The Bertz CT molecular complexity index is 471. The molecule has 0 aromatic carbocycles. The first-order valence-electron chi connectivity index (χ1n) is 5.89. The molecular weight excluding hydrogens is 248 g/mol. The van der Waals surface area contributed by atoms with Gasteiger partial charge in [0.05, 0.1) is 7.11 Å². The van der Waals surface area contributed by atoms with Crippen LogP contribution in [0.3, 0.4) is 0 Å². The van der Waals surface area contributed by atoms with Crippen molar-refractivity contribution in [1.82, 2.24) is 4.98 Å². The fourth-order valence-electron chi connectivity index (χ4n) is 1.58. The third kappa shape index (κ3) is 4.57. The lowest BCUT2D eigenvalue weighted by molar-refractivity contribution is -0.137. The van der Waals surface area contributed by atoms with Crippen LogP contribution in [0.1, 0.15) is 37.0 Å². The van der Waals surface area contributed by atoms with Crippen molar-refractivity contribution >= 4 is 17.8 Å². The van der Waals surface area contributed by atoms with Crippen LogP contribution in [0.2, 0.25) is 0 Å². The first-order chi connectivity index (χ1) is 8.85. The maximum atomic E-state index is 11.6. The molecule has 0 atom stereocenters. The molecule has 0 radical (unpaired) electrons. The predicted molar refractivity (Wildman–Crippen MR) is 70.1 cm³/mol. The Labute approximate surface area is 111 Å². The SMILES string of the molecule is COC(=O)c1cccnc1NC(C)(C)CCC(=O)O. The molecule has 6 heteroatoms. The van der Waals surface area contributed by atoms with Crippen molar-refractivity contribution in [3.8, 4) is 0 Å². The molecule has 1 heterocycles. The van der Waals surface area contributed by atoms with Crippen molar-refractivity contribution in [3.63, 3.8) is 0 Å².